The molecule has 37 heavy (non-hydrogen) atoms. The molecule has 0 saturated carbocycles. The van der Waals surface area contributed by atoms with Gasteiger partial charge in [0.2, 0.25) is 0 Å². The van der Waals surface area contributed by atoms with Crippen LogP contribution in [0, 0.1) is 0 Å². The van der Waals surface area contributed by atoms with Gasteiger partial charge < -0.3 is 18.8 Å². The summed E-state index contributed by atoms with van der Waals surface area (Å²) in [7, 11) is -1.58. The van der Waals surface area contributed by atoms with Gasteiger partial charge in [0.1, 0.15) is 18.0 Å². The van der Waals surface area contributed by atoms with Gasteiger partial charge in [-0.25, -0.2) is 4.67 Å². The van der Waals surface area contributed by atoms with Crippen molar-refractivity contribution in [3.8, 4) is 11.5 Å². The molecule has 9 heteroatoms. The Kier molecular flexibility index (Phi) is 9.33. The number of nitrogens with zero attached hydrogens (tertiary/aromatic N) is 1. The number of hydrogen-bond acceptors (Lipinski definition) is 5. The van der Waals surface area contributed by atoms with E-state index in [0.29, 0.717) is 45.9 Å². The Morgan fingerprint density at radius 2 is 1.51 bits per heavy atom. The van der Waals surface area contributed by atoms with Gasteiger partial charge in [0.05, 0.1) is 12.7 Å². The first kappa shape index (κ1) is 27.7. The highest BCUT2D eigenvalue weighted by atomic mass is 35.5. The molecule has 0 N–H and O–H groups in total. The van der Waals surface area contributed by atoms with Crippen molar-refractivity contribution in [1.82, 2.24) is 4.67 Å². The molecule has 0 aliphatic carbocycles. The predicted molar refractivity (Wildman–Crippen MR) is 148 cm³/mol. The standard InChI is InChI=1S/C28H30Cl2NO5P/c1-3-35-28(32)19-31-27(20-4-6-21(29)7-5-20)18-25(34-2)16-17-37(31,33)26-14-12-24(13-15-26)36-23-10-8-22(30)9-11-23/h4-15,25,27H,3,16-19H2,1-2H3. The van der Waals surface area contributed by atoms with Crippen molar-refractivity contribution in [3.05, 3.63) is 88.4 Å². The van der Waals surface area contributed by atoms with E-state index in [-0.39, 0.29) is 25.3 Å². The summed E-state index contributed by atoms with van der Waals surface area (Å²) in [5.41, 5.74) is 0.917. The summed E-state index contributed by atoms with van der Waals surface area (Å²) >= 11 is 12.1. The van der Waals surface area contributed by atoms with Gasteiger partial charge in [0, 0.05) is 34.7 Å². The lowest BCUT2D eigenvalue weighted by Crippen LogP contribution is -2.35. The zero-order chi connectivity index (χ0) is 26.4. The SMILES string of the molecule is CCOC(=O)CN1C(c2ccc(Cl)cc2)CC(OC)CCP1(=O)c1ccc(Oc2ccc(Cl)cc2)cc1. The smallest absolute Gasteiger partial charge is 0.320 e. The first-order chi connectivity index (χ1) is 17.8. The zero-order valence-electron chi connectivity index (χ0n) is 20.8. The largest absolute Gasteiger partial charge is 0.465 e. The number of benzene rings is 3. The molecule has 3 aromatic carbocycles. The summed E-state index contributed by atoms with van der Waals surface area (Å²) in [6.45, 7) is 1.91. The van der Waals surface area contributed by atoms with Crippen LogP contribution in [0.5, 0.6) is 11.5 Å². The Morgan fingerprint density at radius 1 is 0.946 bits per heavy atom. The fraction of sp³-hybridized carbons (Fsp3) is 0.321. The minimum absolute atomic E-state index is 0.0993. The summed E-state index contributed by atoms with van der Waals surface area (Å²) in [5, 5.41) is 1.88. The van der Waals surface area contributed by atoms with E-state index >= 15 is 0 Å². The maximum Gasteiger partial charge on any atom is 0.320 e. The van der Waals surface area contributed by atoms with Crippen molar-refractivity contribution in [3.63, 3.8) is 0 Å². The number of halogens is 2. The average Bonchev–Trinajstić information content (AvgIpc) is 3.04. The van der Waals surface area contributed by atoms with Crippen molar-refractivity contribution < 1.29 is 23.6 Å². The Labute approximate surface area is 227 Å². The van der Waals surface area contributed by atoms with Crippen molar-refractivity contribution in [2.24, 2.45) is 0 Å². The number of ether oxygens (including phenoxy) is 3. The summed E-state index contributed by atoms with van der Waals surface area (Å²) in [6, 6.07) is 21.4. The van der Waals surface area contributed by atoms with Crippen LogP contribution < -0.4 is 10.0 Å². The number of methoxy groups -OCH3 is 1. The van der Waals surface area contributed by atoms with Crippen LogP contribution in [-0.2, 0) is 18.8 Å². The van der Waals surface area contributed by atoms with E-state index in [0.717, 1.165) is 5.56 Å². The van der Waals surface area contributed by atoms with Crippen LogP contribution in [0.25, 0.3) is 0 Å². The number of carbonyl (C=O) groups excluding carboxylic acids is 1. The average molecular weight is 562 g/mol. The number of rotatable bonds is 8. The Hall–Kier alpha value is -2.34. The molecule has 4 rings (SSSR count). The first-order valence-electron chi connectivity index (χ1n) is 12.2. The molecule has 3 unspecified atom stereocenters. The van der Waals surface area contributed by atoms with E-state index in [1.165, 1.54) is 0 Å². The van der Waals surface area contributed by atoms with E-state index < -0.39 is 13.3 Å². The highest BCUT2D eigenvalue weighted by Gasteiger charge is 2.43. The lowest BCUT2D eigenvalue weighted by Gasteiger charge is -2.36. The van der Waals surface area contributed by atoms with Gasteiger partial charge in [-0.1, -0.05) is 35.3 Å². The van der Waals surface area contributed by atoms with Gasteiger partial charge in [-0.3, -0.25) is 4.79 Å². The van der Waals surface area contributed by atoms with Crippen LogP contribution in [-0.4, -0.2) is 43.2 Å². The van der Waals surface area contributed by atoms with Crippen LogP contribution >= 0.6 is 30.5 Å². The number of esters is 1. The molecule has 1 heterocycles. The summed E-state index contributed by atoms with van der Waals surface area (Å²) < 4.78 is 33.7. The highest BCUT2D eigenvalue weighted by molar-refractivity contribution is 7.69. The second kappa shape index (κ2) is 12.5. The third-order valence-electron chi connectivity index (χ3n) is 6.49. The lowest BCUT2D eigenvalue weighted by atomic mass is 9.99. The topological polar surface area (TPSA) is 65.1 Å². The Balaban J connectivity index is 1.71. The van der Waals surface area contributed by atoms with Gasteiger partial charge >= 0.3 is 5.97 Å². The second-order valence-electron chi connectivity index (χ2n) is 8.83. The fourth-order valence-corrected chi connectivity index (χ4v) is 7.93. The predicted octanol–water partition coefficient (Wildman–Crippen LogP) is 7.10. The molecule has 0 aromatic heterocycles. The molecule has 0 amide bonds. The molecule has 1 aliphatic heterocycles. The van der Waals surface area contributed by atoms with Crippen LogP contribution in [0.1, 0.15) is 31.4 Å². The minimum Gasteiger partial charge on any atom is -0.465 e. The van der Waals surface area contributed by atoms with E-state index in [9.17, 15) is 9.36 Å². The molecule has 0 spiro atoms. The second-order valence-corrected chi connectivity index (χ2v) is 12.6. The van der Waals surface area contributed by atoms with E-state index in [1.807, 2.05) is 28.9 Å². The molecule has 196 valence electrons. The normalized spacial score (nSPS) is 22.3. The van der Waals surface area contributed by atoms with Crippen LogP contribution in [0.15, 0.2) is 72.8 Å². The zero-order valence-corrected chi connectivity index (χ0v) is 23.2. The van der Waals surface area contributed by atoms with Crippen LogP contribution in [0.4, 0.5) is 0 Å². The van der Waals surface area contributed by atoms with Crippen molar-refractivity contribution >= 4 is 41.8 Å². The van der Waals surface area contributed by atoms with Gasteiger partial charge in [0.25, 0.3) is 0 Å². The van der Waals surface area contributed by atoms with Crippen molar-refractivity contribution in [2.75, 3.05) is 26.4 Å². The monoisotopic (exact) mass is 561 g/mol. The molecular weight excluding hydrogens is 532 g/mol. The number of carbonyl (C=O) groups is 1. The molecule has 3 atom stereocenters. The third kappa shape index (κ3) is 6.76. The van der Waals surface area contributed by atoms with E-state index in [2.05, 4.69) is 0 Å². The molecule has 6 nitrogen and oxygen atoms in total. The van der Waals surface area contributed by atoms with Gasteiger partial charge in [-0.2, -0.15) is 0 Å². The Bertz CT molecular complexity index is 1230. The van der Waals surface area contributed by atoms with E-state index in [1.54, 1.807) is 62.6 Å². The van der Waals surface area contributed by atoms with Crippen LogP contribution in [0.2, 0.25) is 10.0 Å². The maximum atomic E-state index is 14.9. The first-order valence-corrected chi connectivity index (χ1v) is 14.8. The van der Waals surface area contributed by atoms with E-state index in [4.69, 9.17) is 37.4 Å². The maximum absolute atomic E-state index is 14.9. The molecule has 1 saturated heterocycles. The van der Waals surface area contributed by atoms with Gasteiger partial charge in [0.15, 0.2) is 7.29 Å². The molecule has 3 aromatic rings. The quantitative estimate of drug-likeness (QED) is 0.216. The summed E-state index contributed by atoms with van der Waals surface area (Å²) in [6.07, 6.45) is 1.43. The lowest BCUT2D eigenvalue weighted by molar-refractivity contribution is -0.143. The summed E-state index contributed by atoms with van der Waals surface area (Å²) in [5.74, 6) is 0.835. The summed E-state index contributed by atoms with van der Waals surface area (Å²) in [4.78, 5) is 12.7. The Morgan fingerprint density at radius 3 is 2.08 bits per heavy atom. The van der Waals surface area contributed by atoms with Gasteiger partial charge in [-0.15, -0.1) is 0 Å². The molecular formula is C28H30Cl2NO5P. The molecule has 1 fully saturated rings. The molecule has 0 radical (unpaired) electrons. The molecule has 0 bridgehead atoms. The highest BCUT2D eigenvalue weighted by Crippen LogP contribution is 2.57. The van der Waals surface area contributed by atoms with Crippen molar-refractivity contribution in [1.29, 1.82) is 0 Å². The fourth-order valence-electron chi connectivity index (χ4n) is 4.59. The minimum atomic E-state index is -3.24. The molecule has 1 aliphatic rings. The van der Waals surface area contributed by atoms with Gasteiger partial charge in [-0.05, 0) is 86.0 Å². The van der Waals surface area contributed by atoms with Crippen molar-refractivity contribution in [2.45, 2.75) is 31.9 Å². The number of hydrogen-bond donors (Lipinski definition) is 0. The van der Waals surface area contributed by atoms with Crippen LogP contribution in [0.3, 0.4) is 0 Å². The third-order valence-corrected chi connectivity index (χ3v) is 10.2.